The topological polar surface area (TPSA) is 112 Å². The number of carbonyl (C=O) groups is 2. The highest BCUT2D eigenvalue weighted by atomic mass is 16.5. The zero-order valence-electron chi connectivity index (χ0n) is 23.5. The van der Waals surface area contributed by atoms with Crippen LogP contribution in [-0.4, -0.2) is 50.7 Å². The summed E-state index contributed by atoms with van der Waals surface area (Å²) < 4.78 is 6.06. The van der Waals surface area contributed by atoms with Crippen LogP contribution in [0.5, 0.6) is 5.75 Å². The van der Waals surface area contributed by atoms with E-state index in [2.05, 4.69) is 10.3 Å². The zero-order chi connectivity index (χ0) is 28.8. The lowest BCUT2D eigenvalue weighted by atomic mass is 9.87. The monoisotopic (exact) mass is 557 g/mol. The lowest BCUT2D eigenvalue weighted by Crippen LogP contribution is -2.50. The summed E-state index contributed by atoms with van der Waals surface area (Å²) in [6.45, 7) is 3.04. The lowest BCUT2D eigenvalue weighted by Gasteiger charge is -2.24. The summed E-state index contributed by atoms with van der Waals surface area (Å²) in [6, 6.07) is 19.1. The Morgan fingerprint density at radius 1 is 0.976 bits per heavy atom. The van der Waals surface area contributed by atoms with Gasteiger partial charge in [0.05, 0.1) is 24.9 Å². The predicted molar refractivity (Wildman–Crippen MR) is 156 cm³/mol. The fraction of sp³-hybridized carbons (Fsp3) is 0.424. The Morgan fingerprint density at radius 3 is 2.51 bits per heavy atom. The van der Waals surface area contributed by atoms with Gasteiger partial charge in [-0.15, -0.1) is 0 Å². The van der Waals surface area contributed by atoms with Gasteiger partial charge in [-0.2, -0.15) is 0 Å². The third-order valence-corrected chi connectivity index (χ3v) is 8.28. The smallest absolute Gasteiger partial charge is 0.255 e. The van der Waals surface area contributed by atoms with Gasteiger partial charge in [0.15, 0.2) is 12.2 Å². The average molecular weight is 558 g/mol. The maximum atomic E-state index is 12.7. The maximum Gasteiger partial charge on any atom is 0.255 e. The summed E-state index contributed by atoms with van der Waals surface area (Å²) in [6.07, 6.45) is 5.67. The lowest BCUT2D eigenvalue weighted by molar-refractivity contribution is -0.153. The van der Waals surface area contributed by atoms with Crippen molar-refractivity contribution in [3.63, 3.8) is 0 Å². The van der Waals surface area contributed by atoms with Gasteiger partial charge in [-0.3, -0.25) is 14.6 Å². The fourth-order valence-electron chi connectivity index (χ4n) is 5.75. The van der Waals surface area contributed by atoms with Crippen molar-refractivity contribution >= 4 is 11.8 Å². The molecule has 1 saturated carbocycles. The van der Waals surface area contributed by atoms with E-state index in [1.165, 1.54) is 37.0 Å². The average Bonchev–Trinajstić information content (AvgIpc) is 3.45. The Balaban J connectivity index is 1.12. The first-order chi connectivity index (χ1) is 19.9. The molecule has 1 fully saturated rings. The number of nitrogens with zero attached hydrogens (tertiary/aromatic N) is 2. The SMILES string of the molecule is C[C@@H](NC(=O)[C@H](O)[C@@H](O)C(=O)N1Cc2cccnc2C1)c1ccc(-c2cccc(OCCC3CCCCC3)c2)cc1. The van der Waals surface area contributed by atoms with Gasteiger partial charge >= 0.3 is 0 Å². The van der Waals surface area contributed by atoms with E-state index in [1.807, 2.05) is 54.6 Å². The van der Waals surface area contributed by atoms with Crippen LogP contribution in [0.15, 0.2) is 66.9 Å². The van der Waals surface area contributed by atoms with Crippen LogP contribution in [0.4, 0.5) is 0 Å². The molecule has 0 saturated heterocycles. The van der Waals surface area contributed by atoms with Gasteiger partial charge < -0.3 is 25.2 Å². The van der Waals surface area contributed by atoms with Crippen molar-refractivity contribution < 1.29 is 24.5 Å². The Kier molecular flexibility index (Phi) is 9.31. The fourth-order valence-corrected chi connectivity index (χ4v) is 5.75. The number of carbonyl (C=O) groups excluding carboxylic acids is 2. The van der Waals surface area contributed by atoms with Crippen molar-refractivity contribution in [3.05, 3.63) is 83.7 Å². The van der Waals surface area contributed by atoms with E-state index in [0.29, 0.717) is 0 Å². The predicted octanol–water partition coefficient (Wildman–Crippen LogP) is 4.54. The molecule has 8 nitrogen and oxygen atoms in total. The Bertz CT molecular complexity index is 1310. The summed E-state index contributed by atoms with van der Waals surface area (Å²) in [4.78, 5) is 31.1. The molecule has 41 heavy (non-hydrogen) atoms. The number of hydrogen-bond acceptors (Lipinski definition) is 6. The highest BCUT2D eigenvalue weighted by molar-refractivity contribution is 5.91. The number of ether oxygens (including phenoxy) is 1. The van der Waals surface area contributed by atoms with Crippen molar-refractivity contribution in [2.45, 2.75) is 76.8 Å². The molecule has 1 aliphatic carbocycles. The van der Waals surface area contributed by atoms with Crippen molar-refractivity contribution in [2.24, 2.45) is 5.92 Å². The van der Waals surface area contributed by atoms with E-state index in [9.17, 15) is 19.8 Å². The minimum Gasteiger partial charge on any atom is -0.494 e. The van der Waals surface area contributed by atoms with Crippen LogP contribution in [0.3, 0.4) is 0 Å². The van der Waals surface area contributed by atoms with Crippen LogP contribution >= 0.6 is 0 Å². The molecule has 0 spiro atoms. The molecule has 5 rings (SSSR count). The number of pyridine rings is 1. The molecule has 3 N–H and O–H groups in total. The van der Waals surface area contributed by atoms with Gasteiger partial charge in [0.2, 0.25) is 0 Å². The van der Waals surface area contributed by atoms with Crippen molar-refractivity contribution in [1.29, 1.82) is 0 Å². The van der Waals surface area contributed by atoms with E-state index in [4.69, 9.17) is 4.74 Å². The standard InChI is InChI=1S/C33H39N3O5/c1-22(35-32(39)30(37)31(38)33(40)36-20-27-10-6-17-34-29(27)21-36)24-12-14-25(15-13-24)26-9-5-11-28(19-26)41-18-16-23-7-3-2-4-8-23/h5-6,9-15,17,19,22-23,30-31,37-38H,2-4,7-8,16,18,20-21H2,1H3,(H,35,39)/t22-,30-,31-/m1/s1. The number of aromatic nitrogens is 1. The van der Waals surface area contributed by atoms with Gasteiger partial charge in [0.25, 0.3) is 11.8 Å². The molecule has 2 aliphatic rings. The molecule has 3 atom stereocenters. The zero-order valence-corrected chi connectivity index (χ0v) is 23.5. The molecule has 3 aromatic rings. The number of benzene rings is 2. The van der Waals surface area contributed by atoms with E-state index in [0.717, 1.165) is 52.6 Å². The number of hydrogen-bond donors (Lipinski definition) is 3. The summed E-state index contributed by atoms with van der Waals surface area (Å²) in [5.41, 5.74) is 4.53. The van der Waals surface area contributed by atoms with Crippen molar-refractivity contribution in [1.82, 2.24) is 15.2 Å². The first-order valence-electron chi connectivity index (χ1n) is 14.6. The van der Waals surface area contributed by atoms with Gasteiger partial charge in [-0.1, -0.05) is 74.6 Å². The molecule has 0 bridgehead atoms. The molecule has 2 amide bonds. The molecule has 1 aliphatic heterocycles. The van der Waals surface area contributed by atoms with E-state index in [1.54, 1.807) is 19.2 Å². The van der Waals surface area contributed by atoms with Gasteiger partial charge in [0.1, 0.15) is 5.75 Å². The maximum absolute atomic E-state index is 12.7. The van der Waals surface area contributed by atoms with Crippen LogP contribution < -0.4 is 10.1 Å². The van der Waals surface area contributed by atoms with E-state index >= 15 is 0 Å². The van der Waals surface area contributed by atoms with Gasteiger partial charge in [0, 0.05) is 12.7 Å². The third-order valence-electron chi connectivity index (χ3n) is 8.28. The van der Waals surface area contributed by atoms with Crippen LogP contribution in [0.1, 0.15) is 68.3 Å². The summed E-state index contributed by atoms with van der Waals surface area (Å²) in [5.74, 6) is 0.129. The van der Waals surface area contributed by atoms with Crippen LogP contribution in [0, 0.1) is 5.92 Å². The Morgan fingerprint density at radius 2 is 1.76 bits per heavy atom. The summed E-state index contributed by atoms with van der Waals surface area (Å²) in [5, 5.41) is 23.6. The number of aliphatic hydroxyl groups excluding tert-OH is 2. The molecule has 216 valence electrons. The van der Waals surface area contributed by atoms with Gasteiger partial charge in [-0.05, 0) is 59.7 Å². The van der Waals surface area contributed by atoms with Crippen LogP contribution in [-0.2, 0) is 22.7 Å². The van der Waals surface area contributed by atoms with Gasteiger partial charge in [-0.25, -0.2) is 0 Å². The Hall–Kier alpha value is -3.75. The molecule has 2 heterocycles. The number of rotatable bonds is 10. The summed E-state index contributed by atoms with van der Waals surface area (Å²) in [7, 11) is 0. The van der Waals surface area contributed by atoms with Crippen molar-refractivity contribution in [3.8, 4) is 16.9 Å². The van der Waals surface area contributed by atoms with Crippen LogP contribution in [0.25, 0.3) is 11.1 Å². The van der Waals surface area contributed by atoms with E-state index in [-0.39, 0.29) is 13.1 Å². The second-order valence-electron chi connectivity index (χ2n) is 11.2. The largest absolute Gasteiger partial charge is 0.494 e. The normalized spacial score (nSPS) is 17.4. The molecular weight excluding hydrogens is 518 g/mol. The molecule has 1 aromatic heterocycles. The first kappa shape index (κ1) is 28.8. The summed E-state index contributed by atoms with van der Waals surface area (Å²) >= 11 is 0. The van der Waals surface area contributed by atoms with Crippen LogP contribution in [0.2, 0.25) is 0 Å². The number of nitrogens with one attached hydrogen (secondary N) is 1. The molecule has 0 radical (unpaired) electrons. The first-order valence-corrected chi connectivity index (χ1v) is 14.6. The van der Waals surface area contributed by atoms with E-state index < -0.39 is 30.1 Å². The Labute approximate surface area is 241 Å². The minimum absolute atomic E-state index is 0.235. The molecule has 0 unspecified atom stereocenters. The second-order valence-corrected chi connectivity index (χ2v) is 11.2. The molecule has 2 aromatic carbocycles. The minimum atomic E-state index is -1.89. The highest BCUT2D eigenvalue weighted by Crippen LogP contribution is 2.28. The third kappa shape index (κ3) is 7.13. The quantitative estimate of drug-likeness (QED) is 0.338. The second kappa shape index (κ2) is 13.3. The van der Waals surface area contributed by atoms with Crippen molar-refractivity contribution in [2.75, 3.05) is 6.61 Å². The number of amides is 2. The molecule has 8 heteroatoms. The molecular formula is C33H39N3O5. The highest BCUT2D eigenvalue weighted by Gasteiger charge is 2.36. The number of aliphatic hydroxyl groups is 2. The number of fused-ring (bicyclic) bond motifs is 1.